The predicted octanol–water partition coefficient (Wildman–Crippen LogP) is 3.24. The highest BCUT2D eigenvalue weighted by Crippen LogP contribution is 2.44. The van der Waals surface area contributed by atoms with Crippen LogP contribution in [0.3, 0.4) is 0 Å². The van der Waals surface area contributed by atoms with Crippen LogP contribution in [0.2, 0.25) is 0 Å². The van der Waals surface area contributed by atoms with Crippen molar-refractivity contribution in [1.82, 2.24) is 4.90 Å². The van der Waals surface area contributed by atoms with Crippen LogP contribution in [-0.4, -0.2) is 54.9 Å². The van der Waals surface area contributed by atoms with Gasteiger partial charge in [-0.15, -0.1) is 0 Å². The number of ether oxygens (including phenoxy) is 2. The molecule has 1 saturated carbocycles. The van der Waals surface area contributed by atoms with Gasteiger partial charge in [0.1, 0.15) is 0 Å². The van der Waals surface area contributed by atoms with Gasteiger partial charge in [0.05, 0.1) is 19.3 Å². The molecular formula is C19H30N2O5. The molecule has 1 aliphatic carbocycles. The number of carbonyl (C=O) groups excluding carboxylic acids is 3. The Morgan fingerprint density at radius 3 is 2.42 bits per heavy atom. The number of esters is 1. The zero-order valence-electron chi connectivity index (χ0n) is 16.5. The molecule has 1 amide bonds. The highest BCUT2D eigenvalue weighted by atomic mass is 16.6. The summed E-state index contributed by atoms with van der Waals surface area (Å²) in [6, 6.07) is -0.155. The van der Waals surface area contributed by atoms with Crippen molar-refractivity contribution in [1.29, 1.82) is 0 Å². The molecule has 0 N–H and O–H groups in total. The van der Waals surface area contributed by atoms with Crippen molar-refractivity contribution in [2.24, 2.45) is 10.4 Å². The molecule has 0 radical (unpaired) electrons. The molecule has 0 aromatic heterocycles. The molecule has 0 bridgehead atoms. The monoisotopic (exact) mass is 366 g/mol. The molecule has 1 aliphatic rings. The van der Waals surface area contributed by atoms with E-state index in [1.165, 1.54) is 0 Å². The molecule has 26 heavy (non-hydrogen) atoms. The minimum Gasteiger partial charge on any atom is -0.462 e. The lowest BCUT2D eigenvalue weighted by molar-refractivity contribution is -0.139. The van der Waals surface area contributed by atoms with Gasteiger partial charge in [0.15, 0.2) is 0 Å². The van der Waals surface area contributed by atoms with Gasteiger partial charge in [0.25, 0.3) is 0 Å². The predicted molar refractivity (Wildman–Crippen MR) is 97.4 cm³/mol. The third-order valence-electron chi connectivity index (χ3n) is 4.74. The molecule has 2 atom stereocenters. The lowest BCUT2D eigenvalue weighted by Crippen LogP contribution is -2.54. The normalized spacial score (nSPS) is 24.1. The number of hydrogen-bond donors (Lipinski definition) is 0. The maximum Gasteiger partial charge on any atom is 0.409 e. The van der Waals surface area contributed by atoms with Crippen LogP contribution in [0.25, 0.3) is 0 Å². The minimum absolute atomic E-state index is 0.0523. The second kappa shape index (κ2) is 8.99. The number of rotatable bonds is 7. The molecule has 0 aromatic rings. The lowest BCUT2D eigenvalue weighted by Gasteiger charge is -2.49. The number of aliphatic imine (C=N–C) groups is 1. The van der Waals surface area contributed by atoms with Gasteiger partial charge in [0, 0.05) is 24.6 Å². The Morgan fingerprint density at radius 2 is 1.85 bits per heavy atom. The fourth-order valence-corrected chi connectivity index (χ4v) is 3.64. The maximum atomic E-state index is 12.4. The molecule has 2 unspecified atom stereocenters. The van der Waals surface area contributed by atoms with Gasteiger partial charge < -0.3 is 14.4 Å². The summed E-state index contributed by atoms with van der Waals surface area (Å²) in [5.74, 6) is -0.452. The third-order valence-corrected chi connectivity index (χ3v) is 4.74. The fourth-order valence-electron chi connectivity index (χ4n) is 3.64. The standard InChI is InChI=1S/C19H30N2O5/c1-14(2)16(23)25-8-7-9-26-17(24)21(6)19(5)11-15(20-13-22)10-18(3,4)12-19/h15H,1,7-12H2,2-6H3. The lowest BCUT2D eigenvalue weighted by atomic mass is 9.66. The Hall–Kier alpha value is -2.14. The fraction of sp³-hybridized carbons (Fsp3) is 0.737. The molecule has 0 aliphatic heterocycles. The summed E-state index contributed by atoms with van der Waals surface area (Å²) in [7, 11) is 1.70. The number of nitrogens with zero attached hydrogens (tertiary/aromatic N) is 2. The van der Waals surface area contributed by atoms with Crippen molar-refractivity contribution in [2.75, 3.05) is 20.3 Å². The molecule has 7 nitrogen and oxygen atoms in total. The van der Waals surface area contributed by atoms with E-state index in [0.717, 1.165) is 12.8 Å². The van der Waals surface area contributed by atoms with E-state index in [-0.39, 0.29) is 24.7 Å². The number of hydrogen-bond acceptors (Lipinski definition) is 6. The summed E-state index contributed by atoms with van der Waals surface area (Å²) in [5, 5.41) is 0. The van der Waals surface area contributed by atoms with Crippen molar-refractivity contribution < 1.29 is 23.9 Å². The van der Waals surface area contributed by atoms with E-state index in [9.17, 15) is 14.4 Å². The Labute approximate surface area is 155 Å². The SMILES string of the molecule is C=C(C)C(=O)OCCCOC(=O)N(C)C1(C)CC(N=C=O)CC(C)(C)C1. The average Bonchev–Trinajstić information content (AvgIpc) is 2.51. The van der Waals surface area contributed by atoms with Crippen molar-refractivity contribution in [3.63, 3.8) is 0 Å². The molecule has 0 saturated heterocycles. The third kappa shape index (κ3) is 6.30. The van der Waals surface area contributed by atoms with Crippen LogP contribution < -0.4 is 0 Å². The van der Waals surface area contributed by atoms with Gasteiger partial charge in [-0.1, -0.05) is 20.4 Å². The summed E-state index contributed by atoms with van der Waals surface area (Å²) >= 11 is 0. The number of amides is 1. The largest absolute Gasteiger partial charge is 0.462 e. The van der Waals surface area contributed by atoms with Crippen LogP contribution in [0.4, 0.5) is 4.79 Å². The van der Waals surface area contributed by atoms with Crippen molar-refractivity contribution in [3.8, 4) is 0 Å². The average molecular weight is 366 g/mol. The van der Waals surface area contributed by atoms with Crippen LogP contribution in [0.1, 0.15) is 53.4 Å². The Balaban J connectivity index is 2.56. The number of isocyanates is 1. The van der Waals surface area contributed by atoms with Gasteiger partial charge in [-0.2, -0.15) is 0 Å². The summed E-state index contributed by atoms with van der Waals surface area (Å²) < 4.78 is 10.3. The summed E-state index contributed by atoms with van der Waals surface area (Å²) in [6.07, 6.45) is 3.78. The van der Waals surface area contributed by atoms with E-state index < -0.39 is 17.6 Å². The molecule has 0 aromatic carbocycles. The highest BCUT2D eigenvalue weighted by Gasteiger charge is 2.45. The number of carbonyl (C=O) groups is 2. The van der Waals surface area contributed by atoms with Gasteiger partial charge in [0.2, 0.25) is 6.08 Å². The first kappa shape index (κ1) is 21.9. The first-order chi connectivity index (χ1) is 12.0. The molecule has 146 valence electrons. The van der Waals surface area contributed by atoms with Crippen molar-refractivity contribution in [3.05, 3.63) is 12.2 Å². The van der Waals surface area contributed by atoms with Gasteiger partial charge >= 0.3 is 12.1 Å². The van der Waals surface area contributed by atoms with Gasteiger partial charge in [-0.25, -0.2) is 19.4 Å². The summed E-state index contributed by atoms with van der Waals surface area (Å²) in [6.45, 7) is 11.6. The first-order valence-electron chi connectivity index (χ1n) is 8.81. The van der Waals surface area contributed by atoms with Gasteiger partial charge in [-0.3, -0.25) is 0 Å². The van der Waals surface area contributed by atoms with E-state index in [1.807, 2.05) is 6.92 Å². The van der Waals surface area contributed by atoms with E-state index in [4.69, 9.17) is 9.47 Å². The molecule has 7 heteroatoms. The molecule has 1 fully saturated rings. The van der Waals surface area contributed by atoms with Crippen molar-refractivity contribution >= 4 is 18.1 Å². The molecule has 0 spiro atoms. The van der Waals surface area contributed by atoms with Crippen LogP contribution in [0, 0.1) is 5.41 Å². The minimum atomic E-state index is -0.462. The van der Waals surface area contributed by atoms with Crippen LogP contribution in [0.15, 0.2) is 17.1 Å². The Bertz CT molecular complexity index is 595. The van der Waals surface area contributed by atoms with Gasteiger partial charge in [-0.05, 0) is 38.5 Å². The van der Waals surface area contributed by atoms with E-state index >= 15 is 0 Å². The second-order valence-corrected chi connectivity index (χ2v) is 8.06. The van der Waals surface area contributed by atoms with Crippen molar-refractivity contribution in [2.45, 2.75) is 65.0 Å². The Morgan fingerprint density at radius 1 is 1.23 bits per heavy atom. The summed E-state index contributed by atoms with van der Waals surface area (Å²) in [5.41, 5.74) is -0.179. The van der Waals surface area contributed by atoms with Crippen LogP contribution in [-0.2, 0) is 19.1 Å². The van der Waals surface area contributed by atoms with E-state index in [0.29, 0.717) is 18.4 Å². The van der Waals surface area contributed by atoms with E-state index in [1.54, 1.807) is 25.0 Å². The second-order valence-electron chi connectivity index (χ2n) is 8.06. The van der Waals surface area contributed by atoms with E-state index in [2.05, 4.69) is 25.4 Å². The van der Waals surface area contributed by atoms with Crippen LogP contribution >= 0.6 is 0 Å². The maximum absolute atomic E-state index is 12.4. The topological polar surface area (TPSA) is 85.3 Å². The molecule has 0 heterocycles. The van der Waals surface area contributed by atoms with Crippen LogP contribution in [0.5, 0.6) is 0 Å². The first-order valence-corrected chi connectivity index (χ1v) is 8.81. The Kier molecular flexibility index (Phi) is 7.57. The quantitative estimate of drug-likeness (QED) is 0.227. The smallest absolute Gasteiger partial charge is 0.409 e. The molecular weight excluding hydrogens is 336 g/mol. The highest BCUT2D eigenvalue weighted by molar-refractivity contribution is 5.86. The molecule has 1 rings (SSSR count). The summed E-state index contributed by atoms with van der Waals surface area (Å²) in [4.78, 5) is 39.8. The zero-order valence-corrected chi connectivity index (χ0v) is 16.5. The zero-order chi connectivity index (χ0) is 20.0.